The zero-order chi connectivity index (χ0) is 14.2. The van der Waals surface area contributed by atoms with Gasteiger partial charge in [0.25, 0.3) is 5.97 Å². The molecule has 0 radical (unpaired) electrons. The van der Waals surface area contributed by atoms with Crippen LogP contribution in [-0.4, -0.2) is 40.4 Å². The molecular weight excluding hydrogens is 292 g/mol. The first kappa shape index (κ1) is 18.3. The van der Waals surface area contributed by atoms with Crippen LogP contribution in [0.5, 0.6) is 0 Å². The summed E-state index contributed by atoms with van der Waals surface area (Å²) in [7, 11) is 0.883. The highest BCUT2D eigenvalue weighted by Gasteiger charge is 2.46. The number of hydrogen-bond acceptors (Lipinski definition) is 7. The van der Waals surface area contributed by atoms with Crippen LogP contribution < -0.4 is 0 Å². The number of hydrogen-bond donors (Lipinski definition) is 2. The first-order chi connectivity index (χ1) is 8.34. The van der Waals surface area contributed by atoms with Gasteiger partial charge in [-0.1, -0.05) is 6.92 Å². The van der Waals surface area contributed by atoms with Crippen LogP contribution in [0.25, 0.3) is 0 Å². The SMILES string of the molecule is CCC(S)(S)CCCC(=O)O[Si](OC)(OC)OC. The summed E-state index contributed by atoms with van der Waals surface area (Å²) in [6.07, 6.45) is 2.43. The maximum Gasteiger partial charge on any atom is 0.750 e. The van der Waals surface area contributed by atoms with Gasteiger partial charge in [0, 0.05) is 27.8 Å². The third-order valence-corrected chi connectivity index (χ3v) is 5.57. The van der Waals surface area contributed by atoms with Crippen molar-refractivity contribution in [3.63, 3.8) is 0 Å². The van der Waals surface area contributed by atoms with Gasteiger partial charge in [0.05, 0.1) is 4.08 Å². The van der Waals surface area contributed by atoms with E-state index in [0.717, 1.165) is 6.42 Å². The molecule has 0 N–H and O–H groups in total. The van der Waals surface area contributed by atoms with Crippen LogP contribution in [0.1, 0.15) is 32.6 Å². The summed E-state index contributed by atoms with van der Waals surface area (Å²) in [5, 5.41) is 0. The molecule has 0 spiro atoms. The van der Waals surface area contributed by atoms with Crippen molar-refractivity contribution in [1.82, 2.24) is 0 Å². The number of carbonyl (C=O) groups excluding carboxylic acids is 1. The van der Waals surface area contributed by atoms with E-state index in [0.29, 0.717) is 12.8 Å². The standard InChI is InChI=1S/C10H22O5S2Si/c1-5-10(16,17)8-6-7-9(11)15-18(12-2,13-3)14-4/h16-17H,5-8H2,1-4H3. The van der Waals surface area contributed by atoms with E-state index < -0.39 is 15.0 Å². The van der Waals surface area contributed by atoms with Crippen LogP contribution in [0, 0.1) is 0 Å². The molecule has 0 fully saturated rings. The van der Waals surface area contributed by atoms with Crippen molar-refractivity contribution >= 4 is 40.3 Å². The molecule has 108 valence electrons. The molecule has 0 aromatic carbocycles. The van der Waals surface area contributed by atoms with Gasteiger partial charge >= 0.3 is 9.05 Å². The summed E-state index contributed by atoms with van der Waals surface area (Å²) < 4.78 is 19.8. The molecule has 0 aromatic rings. The zero-order valence-corrected chi connectivity index (χ0v) is 14.1. The van der Waals surface area contributed by atoms with Crippen LogP contribution in [0.15, 0.2) is 0 Å². The van der Waals surface area contributed by atoms with Gasteiger partial charge in [-0.25, -0.2) is 0 Å². The Kier molecular flexibility index (Phi) is 8.57. The Balaban J connectivity index is 4.11. The molecular formula is C10H22O5S2Si. The molecule has 0 atom stereocenters. The summed E-state index contributed by atoms with van der Waals surface area (Å²) in [6.45, 7) is 2.00. The molecule has 0 saturated carbocycles. The van der Waals surface area contributed by atoms with E-state index in [1.165, 1.54) is 21.3 Å². The molecule has 0 aliphatic rings. The molecule has 0 aliphatic heterocycles. The number of carbonyl (C=O) groups is 1. The van der Waals surface area contributed by atoms with Crippen LogP contribution in [0.4, 0.5) is 0 Å². The van der Waals surface area contributed by atoms with Crippen LogP contribution in [-0.2, 0) is 22.5 Å². The zero-order valence-electron chi connectivity index (χ0n) is 11.3. The summed E-state index contributed by atoms with van der Waals surface area (Å²) >= 11 is 8.75. The number of thiol groups is 2. The second kappa shape index (κ2) is 8.44. The molecule has 18 heavy (non-hydrogen) atoms. The van der Waals surface area contributed by atoms with Crippen LogP contribution >= 0.6 is 25.3 Å². The molecule has 8 heteroatoms. The molecule has 0 bridgehead atoms. The molecule has 5 nitrogen and oxygen atoms in total. The Hall–Kier alpha value is 0.267. The predicted molar refractivity (Wildman–Crippen MR) is 77.7 cm³/mol. The second-order valence-corrected chi connectivity index (χ2v) is 8.27. The number of rotatable bonds is 9. The lowest BCUT2D eigenvalue weighted by molar-refractivity contribution is -0.143. The lowest BCUT2D eigenvalue weighted by atomic mass is 10.1. The summed E-state index contributed by atoms with van der Waals surface area (Å²) in [6, 6.07) is 0. The van der Waals surface area contributed by atoms with E-state index in [-0.39, 0.29) is 10.5 Å². The third kappa shape index (κ3) is 6.44. The van der Waals surface area contributed by atoms with Gasteiger partial charge in [0.15, 0.2) is 0 Å². The highest BCUT2D eigenvalue weighted by atomic mass is 32.2. The van der Waals surface area contributed by atoms with Crippen molar-refractivity contribution in [1.29, 1.82) is 0 Å². The Morgan fingerprint density at radius 2 is 1.67 bits per heavy atom. The molecule has 0 heterocycles. The Morgan fingerprint density at radius 3 is 2.06 bits per heavy atom. The molecule has 0 rings (SSSR count). The van der Waals surface area contributed by atoms with Crippen LogP contribution in [0.3, 0.4) is 0 Å². The van der Waals surface area contributed by atoms with Crippen molar-refractivity contribution in [2.45, 2.75) is 36.7 Å². The molecule has 0 amide bonds. The molecule has 0 saturated heterocycles. The smallest absolute Gasteiger partial charge is 0.452 e. The van der Waals surface area contributed by atoms with Crippen molar-refractivity contribution in [2.24, 2.45) is 0 Å². The summed E-state index contributed by atoms with van der Waals surface area (Å²) in [5.74, 6) is -0.402. The average Bonchev–Trinajstić information content (AvgIpc) is 2.36. The quantitative estimate of drug-likeness (QED) is 0.387. The van der Waals surface area contributed by atoms with E-state index in [2.05, 4.69) is 25.3 Å². The average molecular weight is 315 g/mol. The van der Waals surface area contributed by atoms with Gasteiger partial charge in [-0.15, -0.1) is 0 Å². The monoisotopic (exact) mass is 314 g/mol. The second-order valence-electron chi connectivity index (χ2n) is 3.78. The van der Waals surface area contributed by atoms with Crippen LogP contribution in [0.2, 0.25) is 0 Å². The van der Waals surface area contributed by atoms with E-state index >= 15 is 0 Å². The third-order valence-electron chi connectivity index (χ3n) is 2.51. The van der Waals surface area contributed by atoms with E-state index in [9.17, 15) is 4.79 Å². The Labute approximate surface area is 121 Å². The fourth-order valence-corrected chi connectivity index (χ4v) is 2.71. The summed E-state index contributed by atoms with van der Waals surface area (Å²) in [4.78, 5) is 11.6. The van der Waals surface area contributed by atoms with Crippen molar-refractivity contribution in [2.75, 3.05) is 21.3 Å². The largest absolute Gasteiger partial charge is 0.750 e. The minimum atomic E-state index is -3.27. The minimum Gasteiger partial charge on any atom is -0.452 e. The Morgan fingerprint density at radius 1 is 1.17 bits per heavy atom. The fraction of sp³-hybridized carbons (Fsp3) is 0.900. The maximum atomic E-state index is 11.6. The first-order valence-corrected chi connectivity index (χ1v) is 8.19. The topological polar surface area (TPSA) is 54.0 Å². The van der Waals surface area contributed by atoms with Gasteiger partial charge in [0.1, 0.15) is 0 Å². The van der Waals surface area contributed by atoms with Gasteiger partial charge in [-0.3, -0.25) is 4.79 Å². The van der Waals surface area contributed by atoms with E-state index in [1.807, 2.05) is 6.92 Å². The van der Waals surface area contributed by atoms with E-state index in [4.69, 9.17) is 17.7 Å². The van der Waals surface area contributed by atoms with Gasteiger partial charge in [0.2, 0.25) is 0 Å². The fourth-order valence-electron chi connectivity index (χ4n) is 1.26. The molecule has 0 aliphatic carbocycles. The maximum absolute atomic E-state index is 11.6. The van der Waals surface area contributed by atoms with E-state index in [1.54, 1.807) is 0 Å². The Bertz CT molecular complexity index is 250. The molecule has 0 unspecified atom stereocenters. The predicted octanol–water partition coefficient (Wildman–Crippen LogP) is 2.04. The van der Waals surface area contributed by atoms with Crippen molar-refractivity contribution in [3.8, 4) is 0 Å². The normalized spacial score (nSPS) is 12.6. The lowest BCUT2D eigenvalue weighted by Gasteiger charge is -2.23. The summed E-state index contributed by atoms with van der Waals surface area (Å²) in [5.41, 5.74) is 0. The van der Waals surface area contributed by atoms with Gasteiger partial charge < -0.3 is 17.7 Å². The first-order valence-electron chi connectivity index (χ1n) is 5.66. The highest BCUT2D eigenvalue weighted by molar-refractivity contribution is 8.00. The highest BCUT2D eigenvalue weighted by Crippen LogP contribution is 2.29. The lowest BCUT2D eigenvalue weighted by Crippen LogP contribution is -2.48. The van der Waals surface area contributed by atoms with Gasteiger partial charge in [-0.2, -0.15) is 25.3 Å². The van der Waals surface area contributed by atoms with Gasteiger partial charge in [-0.05, 0) is 19.3 Å². The molecule has 0 aromatic heterocycles. The minimum absolute atomic E-state index is 0.258. The van der Waals surface area contributed by atoms with Crippen molar-refractivity contribution < 1.29 is 22.5 Å². The van der Waals surface area contributed by atoms with Crippen molar-refractivity contribution in [3.05, 3.63) is 0 Å².